The molecule has 3 aromatic rings. The first-order valence-corrected chi connectivity index (χ1v) is 11.9. The van der Waals surface area contributed by atoms with E-state index >= 15 is 0 Å². The van der Waals surface area contributed by atoms with Crippen LogP contribution in [0.4, 0.5) is 4.79 Å². The lowest BCUT2D eigenvalue weighted by molar-refractivity contribution is -0.162. The highest BCUT2D eigenvalue weighted by molar-refractivity contribution is 5.92. The van der Waals surface area contributed by atoms with E-state index < -0.39 is 35.2 Å². The topological polar surface area (TPSA) is 101 Å². The van der Waals surface area contributed by atoms with Gasteiger partial charge in [-0.25, -0.2) is 9.59 Å². The first-order valence-electron chi connectivity index (χ1n) is 11.9. The zero-order valence-corrected chi connectivity index (χ0v) is 21.8. The van der Waals surface area contributed by atoms with Gasteiger partial charge in [0.1, 0.15) is 23.8 Å². The molecule has 1 aromatic heterocycles. The van der Waals surface area contributed by atoms with Crippen LogP contribution in [0.5, 0.6) is 0 Å². The number of hydrogen-bond acceptors (Lipinski definition) is 5. The number of H-pyrrole nitrogens is 1. The number of carbonyl (C=O) groups excluding carboxylic acids is 3. The smallest absolute Gasteiger partial charge is 0.408 e. The number of aromatic nitrogens is 1. The zero-order chi connectivity index (χ0) is 26.5. The summed E-state index contributed by atoms with van der Waals surface area (Å²) in [4.78, 5) is 43.8. The molecule has 0 saturated heterocycles. The van der Waals surface area contributed by atoms with Crippen molar-refractivity contribution in [2.75, 3.05) is 7.05 Å². The fourth-order valence-electron chi connectivity index (χ4n) is 3.72. The van der Waals surface area contributed by atoms with Gasteiger partial charge in [0.25, 0.3) is 0 Å². The number of amides is 2. The second kappa shape index (κ2) is 10.8. The third kappa shape index (κ3) is 6.65. The number of benzene rings is 2. The summed E-state index contributed by atoms with van der Waals surface area (Å²) < 4.78 is 10.9. The minimum absolute atomic E-state index is 0.0973. The number of carbonyl (C=O) groups is 3. The Hall–Kier alpha value is -3.81. The highest BCUT2D eigenvalue weighted by Crippen LogP contribution is 2.22. The summed E-state index contributed by atoms with van der Waals surface area (Å²) in [5.74, 6) is -0.988. The highest BCUT2D eigenvalue weighted by atomic mass is 16.6. The van der Waals surface area contributed by atoms with Crippen molar-refractivity contribution in [3.63, 3.8) is 0 Å². The Morgan fingerprint density at radius 1 is 0.972 bits per heavy atom. The fraction of sp³-hybridized carbons (Fsp3) is 0.393. The van der Waals surface area contributed by atoms with E-state index in [1.165, 1.54) is 11.9 Å². The number of likely N-dealkylation sites (N-methyl/N-ethyl adjacent to an activating group) is 1. The van der Waals surface area contributed by atoms with E-state index in [1.54, 1.807) is 34.6 Å². The molecule has 3 rings (SSSR count). The quantitative estimate of drug-likeness (QED) is 0.447. The molecule has 2 aromatic carbocycles. The molecule has 0 spiro atoms. The monoisotopic (exact) mass is 493 g/mol. The summed E-state index contributed by atoms with van der Waals surface area (Å²) in [5, 5.41) is 3.66. The molecule has 0 bridgehead atoms. The summed E-state index contributed by atoms with van der Waals surface area (Å²) in [5.41, 5.74) is 0.622. The molecule has 1 atom stereocenters. The summed E-state index contributed by atoms with van der Waals surface area (Å²) in [7, 11) is 1.53. The van der Waals surface area contributed by atoms with Crippen LogP contribution in [0.25, 0.3) is 10.9 Å². The Morgan fingerprint density at radius 2 is 1.61 bits per heavy atom. The normalized spacial score (nSPS) is 12.6. The number of alkyl carbamates (subject to hydrolysis) is 1. The van der Waals surface area contributed by atoms with Gasteiger partial charge in [0.15, 0.2) is 0 Å². The van der Waals surface area contributed by atoms with Crippen LogP contribution in [0.3, 0.4) is 0 Å². The van der Waals surface area contributed by atoms with E-state index in [1.807, 2.05) is 60.8 Å². The number of fused-ring (bicyclic) bond motifs is 1. The second-order valence-electron chi connectivity index (χ2n) is 10.3. The molecule has 36 heavy (non-hydrogen) atoms. The standard InChI is InChI=1S/C28H35N3O5/c1-27(2,3)36-26(34)30-23(16-20-17-29-22-15-11-10-14-21(20)22)24(32)31(6)28(4,5)25(33)35-18-19-12-8-7-9-13-19/h7-15,17,23,29H,16,18H2,1-6H3,(H,30,34). The number of rotatable bonds is 8. The first-order chi connectivity index (χ1) is 16.9. The number of nitrogens with zero attached hydrogens (tertiary/aromatic N) is 1. The number of ether oxygens (including phenoxy) is 2. The third-order valence-corrected chi connectivity index (χ3v) is 5.97. The van der Waals surface area contributed by atoms with Crippen molar-refractivity contribution in [3.05, 3.63) is 71.9 Å². The molecule has 2 N–H and O–H groups in total. The fourth-order valence-corrected chi connectivity index (χ4v) is 3.72. The summed E-state index contributed by atoms with van der Waals surface area (Å²) in [6.07, 6.45) is 1.32. The Morgan fingerprint density at radius 3 is 2.28 bits per heavy atom. The molecule has 0 aliphatic rings. The Kier molecular flexibility index (Phi) is 8.07. The van der Waals surface area contributed by atoms with Crippen molar-refractivity contribution in [1.29, 1.82) is 0 Å². The van der Waals surface area contributed by atoms with Crippen LogP contribution < -0.4 is 5.32 Å². The van der Waals surface area contributed by atoms with Crippen molar-refractivity contribution in [1.82, 2.24) is 15.2 Å². The van der Waals surface area contributed by atoms with Crippen LogP contribution in [-0.4, -0.2) is 52.1 Å². The van der Waals surface area contributed by atoms with Crippen LogP contribution in [-0.2, 0) is 32.1 Å². The summed E-state index contributed by atoms with van der Waals surface area (Å²) in [6.45, 7) is 8.59. The molecule has 1 unspecified atom stereocenters. The Balaban J connectivity index is 1.80. The molecule has 0 saturated carbocycles. The van der Waals surface area contributed by atoms with Crippen molar-refractivity contribution in [3.8, 4) is 0 Å². The van der Waals surface area contributed by atoms with Crippen molar-refractivity contribution in [2.45, 2.75) is 64.8 Å². The van der Waals surface area contributed by atoms with Crippen LogP contribution in [0.1, 0.15) is 45.7 Å². The largest absolute Gasteiger partial charge is 0.459 e. The Bertz CT molecular complexity index is 1210. The third-order valence-electron chi connectivity index (χ3n) is 5.97. The van der Waals surface area contributed by atoms with E-state index in [9.17, 15) is 14.4 Å². The molecule has 8 heteroatoms. The average Bonchev–Trinajstić information content (AvgIpc) is 3.23. The predicted molar refractivity (Wildman–Crippen MR) is 138 cm³/mol. The van der Waals surface area contributed by atoms with Crippen LogP contribution >= 0.6 is 0 Å². The van der Waals surface area contributed by atoms with Gasteiger partial charge in [0, 0.05) is 30.6 Å². The van der Waals surface area contributed by atoms with Crippen molar-refractivity contribution >= 4 is 28.9 Å². The van der Waals surface area contributed by atoms with Crippen LogP contribution in [0.2, 0.25) is 0 Å². The number of hydrogen-bond donors (Lipinski definition) is 2. The first kappa shape index (κ1) is 26.8. The number of para-hydroxylation sites is 1. The molecule has 0 aliphatic carbocycles. The molecule has 0 aliphatic heterocycles. The van der Waals surface area contributed by atoms with E-state index in [0.717, 1.165) is 22.0 Å². The van der Waals surface area contributed by atoms with Crippen molar-refractivity contribution < 1.29 is 23.9 Å². The van der Waals surface area contributed by atoms with Gasteiger partial charge in [-0.2, -0.15) is 0 Å². The van der Waals surface area contributed by atoms with E-state index in [4.69, 9.17) is 9.47 Å². The van der Waals surface area contributed by atoms with E-state index in [2.05, 4.69) is 10.3 Å². The Labute approximate surface area is 212 Å². The maximum atomic E-state index is 13.7. The van der Waals surface area contributed by atoms with Crippen LogP contribution in [0.15, 0.2) is 60.8 Å². The van der Waals surface area contributed by atoms with Gasteiger partial charge >= 0.3 is 12.1 Å². The van der Waals surface area contributed by atoms with E-state index in [0.29, 0.717) is 0 Å². The van der Waals surface area contributed by atoms with Gasteiger partial charge < -0.3 is 24.7 Å². The lowest BCUT2D eigenvalue weighted by atomic mass is 9.99. The molecule has 1 heterocycles. The number of esters is 1. The molecule has 2 amide bonds. The number of aromatic amines is 1. The molecule has 0 radical (unpaired) electrons. The minimum atomic E-state index is -1.28. The molecule has 8 nitrogen and oxygen atoms in total. The maximum Gasteiger partial charge on any atom is 0.408 e. The molecule has 0 fully saturated rings. The summed E-state index contributed by atoms with van der Waals surface area (Å²) >= 11 is 0. The SMILES string of the molecule is CN(C(=O)C(Cc1c[nH]c2ccccc12)NC(=O)OC(C)(C)C)C(C)(C)C(=O)OCc1ccccc1. The maximum absolute atomic E-state index is 13.7. The van der Waals surface area contributed by atoms with Gasteiger partial charge in [0.05, 0.1) is 0 Å². The average molecular weight is 494 g/mol. The van der Waals surface area contributed by atoms with Gasteiger partial charge in [-0.1, -0.05) is 48.5 Å². The molecule has 192 valence electrons. The number of nitrogens with one attached hydrogen (secondary N) is 2. The highest BCUT2D eigenvalue weighted by Gasteiger charge is 2.40. The van der Waals surface area contributed by atoms with Gasteiger partial charge in [-0.3, -0.25) is 4.79 Å². The van der Waals surface area contributed by atoms with Gasteiger partial charge in [-0.05, 0) is 51.8 Å². The lowest BCUT2D eigenvalue weighted by Gasteiger charge is -2.36. The minimum Gasteiger partial charge on any atom is -0.459 e. The van der Waals surface area contributed by atoms with Gasteiger partial charge in [-0.15, -0.1) is 0 Å². The lowest BCUT2D eigenvalue weighted by Crippen LogP contribution is -2.58. The summed E-state index contributed by atoms with van der Waals surface area (Å²) in [6, 6.07) is 16.1. The second-order valence-corrected chi connectivity index (χ2v) is 10.3. The van der Waals surface area contributed by atoms with Gasteiger partial charge in [0.2, 0.25) is 5.91 Å². The predicted octanol–water partition coefficient (Wildman–Crippen LogP) is 4.58. The van der Waals surface area contributed by atoms with Crippen LogP contribution in [0, 0.1) is 0 Å². The molecular formula is C28H35N3O5. The zero-order valence-electron chi connectivity index (χ0n) is 21.8. The van der Waals surface area contributed by atoms with Crippen molar-refractivity contribution in [2.24, 2.45) is 0 Å². The molecular weight excluding hydrogens is 458 g/mol. The van der Waals surface area contributed by atoms with E-state index in [-0.39, 0.29) is 13.0 Å².